The predicted molar refractivity (Wildman–Crippen MR) is 90.0 cm³/mol. The van der Waals surface area contributed by atoms with Crippen LogP contribution in [0.25, 0.3) is 0 Å². The van der Waals surface area contributed by atoms with Crippen molar-refractivity contribution in [2.45, 2.75) is 45.2 Å². The van der Waals surface area contributed by atoms with E-state index in [-0.39, 0.29) is 18.0 Å². The van der Waals surface area contributed by atoms with Crippen molar-refractivity contribution in [1.82, 2.24) is 10.2 Å². The highest BCUT2D eigenvalue weighted by molar-refractivity contribution is 5.97. The van der Waals surface area contributed by atoms with Crippen LogP contribution in [0.5, 0.6) is 0 Å². The van der Waals surface area contributed by atoms with Crippen LogP contribution in [0.3, 0.4) is 0 Å². The highest BCUT2D eigenvalue weighted by Crippen LogP contribution is 2.20. The SMILES string of the molecule is CC(C)NC(=O)Nc1ccc(C(=O)N2CCCCC2C(=O)O)cc1. The van der Waals surface area contributed by atoms with E-state index in [0.29, 0.717) is 24.2 Å². The van der Waals surface area contributed by atoms with Crippen LogP contribution in [-0.4, -0.2) is 46.5 Å². The van der Waals surface area contributed by atoms with Gasteiger partial charge in [-0.1, -0.05) is 0 Å². The summed E-state index contributed by atoms with van der Waals surface area (Å²) in [4.78, 5) is 36.9. The van der Waals surface area contributed by atoms with Gasteiger partial charge in [-0.25, -0.2) is 9.59 Å². The van der Waals surface area contributed by atoms with Crippen molar-refractivity contribution in [1.29, 1.82) is 0 Å². The van der Waals surface area contributed by atoms with Crippen LogP contribution >= 0.6 is 0 Å². The van der Waals surface area contributed by atoms with Gasteiger partial charge >= 0.3 is 12.0 Å². The first-order valence-electron chi connectivity index (χ1n) is 8.10. The first kappa shape index (κ1) is 17.8. The van der Waals surface area contributed by atoms with Crippen molar-refractivity contribution < 1.29 is 19.5 Å². The van der Waals surface area contributed by atoms with Crippen LogP contribution in [0.15, 0.2) is 24.3 Å². The largest absolute Gasteiger partial charge is 0.480 e. The van der Waals surface area contributed by atoms with Gasteiger partial charge in [0.15, 0.2) is 0 Å². The van der Waals surface area contributed by atoms with Crippen molar-refractivity contribution >= 4 is 23.6 Å². The Bertz CT molecular complexity index is 613. The lowest BCUT2D eigenvalue weighted by Gasteiger charge is -2.33. The van der Waals surface area contributed by atoms with Crippen molar-refractivity contribution in [3.05, 3.63) is 29.8 Å². The number of urea groups is 1. The summed E-state index contributed by atoms with van der Waals surface area (Å²) < 4.78 is 0. The van der Waals surface area contributed by atoms with E-state index in [9.17, 15) is 19.5 Å². The van der Waals surface area contributed by atoms with Crippen LogP contribution in [0.4, 0.5) is 10.5 Å². The molecular formula is C17H23N3O4. The smallest absolute Gasteiger partial charge is 0.326 e. The Morgan fingerprint density at radius 1 is 1.17 bits per heavy atom. The van der Waals surface area contributed by atoms with E-state index in [2.05, 4.69) is 10.6 Å². The molecule has 3 amide bonds. The molecule has 0 bridgehead atoms. The van der Waals surface area contributed by atoms with E-state index in [4.69, 9.17) is 0 Å². The number of hydrogen-bond donors (Lipinski definition) is 3. The second kappa shape index (κ2) is 7.81. The molecule has 1 saturated heterocycles. The maximum Gasteiger partial charge on any atom is 0.326 e. The van der Waals surface area contributed by atoms with E-state index in [1.807, 2.05) is 13.8 Å². The van der Waals surface area contributed by atoms with Crippen LogP contribution in [0.1, 0.15) is 43.5 Å². The first-order valence-corrected chi connectivity index (χ1v) is 8.10. The van der Waals surface area contributed by atoms with Crippen molar-refractivity contribution in [2.75, 3.05) is 11.9 Å². The average Bonchev–Trinajstić information content (AvgIpc) is 2.54. The number of carbonyl (C=O) groups is 3. The summed E-state index contributed by atoms with van der Waals surface area (Å²) in [6.45, 7) is 4.17. The number of carbonyl (C=O) groups excluding carboxylic acids is 2. The molecule has 1 aromatic rings. The Labute approximate surface area is 141 Å². The van der Waals surface area contributed by atoms with Gasteiger partial charge in [-0.3, -0.25) is 4.79 Å². The summed E-state index contributed by atoms with van der Waals surface area (Å²) in [6.07, 6.45) is 2.11. The number of amides is 3. The molecule has 0 spiro atoms. The molecule has 24 heavy (non-hydrogen) atoms. The van der Waals surface area contributed by atoms with E-state index in [1.54, 1.807) is 24.3 Å². The fourth-order valence-corrected chi connectivity index (χ4v) is 2.72. The minimum absolute atomic E-state index is 0.0258. The Hall–Kier alpha value is -2.57. The average molecular weight is 333 g/mol. The molecule has 2 rings (SSSR count). The first-order chi connectivity index (χ1) is 11.4. The molecule has 130 valence electrons. The highest BCUT2D eigenvalue weighted by Gasteiger charge is 2.32. The van der Waals surface area contributed by atoms with Crippen molar-refractivity contribution in [3.8, 4) is 0 Å². The molecule has 7 heteroatoms. The number of rotatable bonds is 4. The van der Waals surface area contributed by atoms with Gasteiger partial charge < -0.3 is 20.6 Å². The number of nitrogens with zero attached hydrogens (tertiary/aromatic N) is 1. The second-order valence-electron chi connectivity index (χ2n) is 6.18. The summed E-state index contributed by atoms with van der Waals surface area (Å²) in [5.41, 5.74) is 0.982. The maximum absolute atomic E-state index is 12.6. The second-order valence-corrected chi connectivity index (χ2v) is 6.18. The standard InChI is InChI=1S/C17H23N3O4/c1-11(2)18-17(24)19-13-8-6-12(7-9-13)15(21)20-10-4-3-5-14(20)16(22)23/h6-9,11,14H,3-5,10H2,1-2H3,(H,22,23)(H2,18,19,24). The predicted octanol–water partition coefficient (Wildman–Crippen LogP) is 2.30. The number of aliphatic carboxylic acids is 1. The van der Waals surface area contributed by atoms with Gasteiger partial charge in [0, 0.05) is 23.8 Å². The van der Waals surface area contributed by atoms with Crippen LogP contribution in [0.2, 0.25) is 0 Å². The molecule has 1 aromatic carbocycles. The molecule has 0 saturated carbocycles. The summed E-state index contributed by atoms with van der Waals surface area (Å²) in [6, 6.07) is 5.41. The number of likely N-dealkylation sites (tertiary alicyclic amines) is 1. The van der Waals surface area contributed by atoms with E-state index >= 15 is 0 Å². The van der Waals surface area contributed by atoms with Gasteiger partial charge in [-0.05, 0) is 57.4 Å². The molecule has 1 aliphatic rings. The van der Waals surface area contributed by atoms with Crippen LogP contribution in [0, 0.1) is 0 Å². The Morgan fingerprint density at radius 2 is 1.83 bits per heavy atom. The van der Waals surface area contributed by atoms with E-state index in [0.717, 1.165) is 12.8 Å². The third-order valence-corrected chi connectivity index (χ3v) is 3.86. The Balaban J connectivity index is 2.05. The quantitative estimate of drug-likeness (QED) is 0.787. The topological polar surface area (TPSA) is 98.7 Å². The Kier molecular flexibility index (Phi) is 5.78. The zero-order valence-corrected chi connectivity index (χ0v) is 13.9. The van der Waals surface area contributed by atoms with Crippen molar-refractivity contribution in [2.24, 2.45) is 0 Å². The third kappa shape index (κ3) is 4.47. The van der Waals surface area contributed by atoms with Crippen molar-refractivity contribution in [3.63, 3.8) is 0 Å². The number of hydrogen-bond acceptors (Lipinski definition) is 3. The van der Waals surface area contributed by atoms with Crippen LogP contribution in [-0.2, 0) is 4.79 Å². The third-order valence-electron chi connectivity index (χ3n) is 3.86. The van der Waals surface area contributed by atoms with E-state index < -0.39 is 12.0 Å². The number of carboxylic acids is 1. The number of carboxylic acid groups (broad SMARTS) is 1. The van der Waals surface area contributed by atoms with Gasteiger partial charge in [-0.2, -0.15) is 0 Å². The zero-order valence-electron chi connectivity index (χ0n) is 13.9. The number of benzene rings is 1. The van der Waals surface area contributed by atoms with Gasteiger partial charge in [0.1, 0.15) is 6.04 Å². The van der Waals surface area contributed by atoms with Gasteiger partial charge in [0.25, 0.3) is 5.91 Å². The fraction of sp³-hybridized carbons (Fsp3) is 0.471. The molecule has 1 aliphatic heterocycles. The number of nitrogens with one attached hydrogen (secondary N) is 2. The number of anilines is 1. The molecule has 3 N–H and O–H groups in total. The van der Waals surface area contributed by atoms with Gasteiger partial charge in [-0.15, -0.1) is 0 Å². The van der Waals surface area contributed by atoms with Gasteiger partial charge in [0.2, 0.25) is 0 Å². The monoisotopic (exact) mass is 333 g/mol. The Morgan fingerprint density at radius 3 is 2.42 bits per heavy atom. The minimum Gasteiger partial charge on any atom is -0.480 e. The molecule has 0 aliphatic carbocycles. The summed E-state index contributed by atoms with van der Waals surface area (Å²) in [5.74, 6) is -1.26. The molecule has 1 unspecified atom stereocenters. The molecule has 1 atom stereocenters. The molecule has 1 heterocycles. The molecule has 7 nitrogen and oxygen atoms in total. The molecular weight excluding hydrogens is 310 g/mol. The lowest BCUT2D eigenvalue weighted by Crippen LogP contribution is -2.47. The normalized spacial score (nSPS) is 17.5. The van der Waals surface area contributed by atoms with Gasteiger partial charge in [0.05, 0.1) is 0 Å². The minimum atomic E-state index is -0.966. The summed E-state index contributed by atoms with van der Waals surface area (Å²) in [5, 5.41) is 14.7. The summed E-state index contributed by atoms with van der Waals surface area (Å²) in [7, 11) is 0. The summed E-state index contributed by atoms with van der Waals surface area (Å²) >= 11 is 0. The van der Waals surface area contributed by atoms with E-state index in [1.165, 1.54) is 4.90 Å². The lowest BCUT2D eigenvalue weighted by molar-refractivity contribution is -0.143. The van der Waals surface area contributed by atoms with Crippen LogP contribution < -0.4 is 10.6 Å². The number of piperidine rings is 1. The highest BCUT2D eigenvalue weighted by atomic mass is 16.4. The fourth-order valence-electron chi connectivity index (χ4n) is 2.72. The maximum atomic E-state index is 12.6. The molecule has 0 aromatic heterocycles. The zero-order chi connectivity index (χ0) is 17.7. The molecule has 1 fully saturated rings. The molecule has 0 radical (unpaired) electrons. The lowest BCUT2D eigenvalue weighted by atomic mass is 10.0.